The summed E-state index contributed by atoms with van der Waals surface area (Å²) in [4.78, 5) is 50.1. The molecule has 1 aromatic rings. The average molecular weight is 415 g/mol. The van der Waals surface area contributed by atoms with Gasteiger partial charge < -0.3 is 20.1 Å². The fourth-order valence-corrected chi connectivity index (χ4v) is 3.93. The first kappa shape index (κ1) is 21.5. The highest BCUT2D eigenvalue weighted by Crippen LogP contribution is 2.36. The Kier molecular flexibility index (Phi) is 6.21. The second-order valence-corrected chi connectivity index (χ2v) is 7.31. The van der Waals surface area contributed by atoms with Gasteiger partial charge in [-0.15, -0.1) is 0 Å². The zero-order valence-electron chi connectivity index (χ0n) is 17.0. The standard InChI is InChI=1S/C21H25N3O6/c1-3-21(9-8-16(26)23-20(21)29)13-4-6-14(7-5-13)22-17-15(19(28)30-2)12-24(10-11-25)18(17)27/h4-7,22,25H,3,8-12H2,1-2H3,(H,23,26,29). The van der Waals surface area contributed by atoms with Crippen LogP contribution in [0.4, 0.5) is 5.69 Å². The first-order valence-corrected chi connectivity index (χ1v) is 9.79. The van der Waals surface area contributed by atoms with Crippen molar-refractivity contribution >= 4 is 29.4 Å². The third-order valence-corrected chi connectivity index (χ3v) is 5.73. The van der Waals surface area contributed by atoms with E-state index >= 15 is 0 Å². The summed E-state index contributed by atoms with van der Waals surface area (Å²) in [7, 11) is 1.24. The second kappa shape index (κ2) is 8.66. The molecule has 1 atom stereocenters. The van der Waals surface area contributed by atoms with Crippen LogP contribution >= 0.6 is 0 Å². The van der Waals surface area contributed by atoms with Gasteiger partial charge in [0.05, 0.1) is 31.2 Å². The van der Waals surface area contributed by atoms with Crippen LogP contribution in [0.15, 0.2) is 35.5 Å². The van der Waals surface area contributed by atoms with Crippen molar-refractivity contribution in [1.82, 2.24) is 10.2 Å². The largest absolute Gasteiger partial charge is 0.466 e. The van der Waals surface area contributed by atoms with Crippen molar-refractivity contribution in [1.29, 1.82) is 0 Å². The van der Waals surface area contributed by atoms with Gasteiger partial charge in [0.15, 0.2) is 0 Å². The molecule has 0 spiro atoms. The molecule has 9 heteroatoms. The number of esters is 1. The number of piperidine rings is 1. The molecule has 0 aliphatic carbocycles. The first-order chi connectivity index (χ1) is 14.4. The minimum Gasteiger partial charge on any atom is -0.466 e. The van der Waals surface area contributed by atoms with Crippen LogP contribution in [0.5, 0.6) is 0 Å². The van der Waals surface area contributed by atoms with E-state index in [-0.39, 0.29) is 49.2 Å². The van der Waals surface area contributed by atoms with Gasteiger partial charge in [0.25, 0.3) is 5.91 Å². The summed E-state index contributed by atoms with van der Waals surface area (Å²) in [6.07, 6.45) is 1.27. The van der Waals surface area contributed by atoms with E-state index in [1.807, 2.05) is 6.92 Å². The van der Waals surface area contributed by atoms with Crippen molar-refractivity contribution in [2.24, 2.45) is 0 Å². The van der Waals surface area contributed by atoms with Crippen molar-refractivity contribution < 1.29 is 29.0 Å². The van der Waals surface area contributed by atoms with E-state index in [0.717, 1.165) is 5.56 Å². The number of hydrogen-bond donors (Lipinski definition) is 3. The molecule has 3 amide bonds. The van der Waals surface area contributed by atoms with Crippen LogP contribution < -0.4 is 10.6 Å². The highest BCUT2D eigenvalue weighted by molar-refractivity contribution is 6.08. The lowest BCUT2D eigenvalue weighted by molar-refractivity contribution is -0.138. The van der Waals surface area contributed by atoms with Crippen LogP contribution in [0.2, 0.25) is 0 Å². The van der Waals surface area contributed by atoms with Crippen LogP contribution in [0, 0.1) is 0 Å². The molecule has 3 N–H and O–H groups in total. The maximum Gasteiger partial charge on any atom is 0.337 e. The number of anilines is 1. The quantitative estimate of drug-likeness (QED) is 0.436. The van der Waals surface area contributed by atoms with Crippen LogP contribution in [-0.4, -0.2) is 60.5 Å². The molecule has 0 saturated carbocycles. The molecule has 160 valence electrons. The second-order valence-electron chi connectivity index (χ2n) is 7.31. The summed E-state index contributed by atoms with van der Waals surface area (Å²) in [5.41, 5.74) is 0.865. The minimum absolute atomic E-state index is 0.0552. The predicted molar refractivity (Wildman–Crippen MR) is 107 cm³/mol. The van der Waals surface area contributed by atoms with Gasteiger partial charge in [-0.3, -0.25) is 19.7 Å². The number of amides is 3. The molecule has 0 aromatic heterocycles. The molecule has 9 nitrogen and oxygen atoms in total. The summed E-state index contributed by atoms with van der Waals surface area (Å²) in [6.45, 7) is 1.85. The fourth-order valence-electron chi connectivity index (χ4n) is 3.93. The number of rotatable bonds is 7. The summed E-state index contributed by atoms with van der Waals surface area (Å²) < 4.78 is 4.77. The third kappa shape index (κ3) is 3.80. The van der Waals surface area contributed by atoms with E-state index in [9.17, 15) is 19.2 Å². The van der Waals surface area contributed by atoms with Crippen LogP contribution in [0.3, 0.4) is 0 Å². The lowest BCUT2D eigenvalue weighted by atomic mass is 9.72. The van der Waals surface area contributed by atoms with Crippen LogP contribution in [-0.2, 0) is 29.3 Å². The Morgan fingerprint density at radius 2 is 1.97 bits per heavy atom. The van der Waals surface area contributed by atoms with E-state index in [1.54, 1.807) is 24.3 Å². The molecule has 1 aromatic carbocycles. The predicted octanol–water partition coefficient (Wildman–Crippen LogP) is 0.444. The number of aliphatic hydroxyl groups excluding tert-OH is 1. The first-order valence-electron chi connectivity index (χ1n) is 9.79. The average Bonchev–Trinajstić information content (AvgIpc) is 3.04. The monoisotopic (exact) mass is 415 g/mol. The Morgan fingerprint density at radius 1 is 1.27 bits per heavy atom. The van der Waals surface area contributed by atoms with E-state index in [2.05, 4.69) is 10.6 Å². The van der Waals surface area contributed by atoms with E-state index in [1.165, 1.54) is 12.0 Å². The Bertz CT molecular complexity index is 908. The van der Waals surface area contributed by atoms with Crippen molar-refractivity contribution in [2.45, 2.75) is 31.6 Å². The number of aliphatic hydroxyl groups is 1. The number of nitrogens with one attached hydrogen (secondary N) is 2. The maximum absolute atomic E-state index is 12.6. The number of imide groups is 1. The number of methoxy groups -OCH3 is 1. The molecule has 1 unspecified atom stereocenters. The molecule has 1 saturated heterocycles. The number of hydrogen-bond acceptors (Lipinski definition) is 7. The van der Waals surface area contributed by atoms with Gasteiger partial charge in [0.1, 0.15) is 5.70 Å². The van der Waals surface area contributed by atoms with E-state index < -0.39 is 17.3 Å². The highest BCUT2D eigenvalue weighted by Gasteiger charge is 2.42. The van der Waals surface area contributed by atoms with Crippen molar-refractivity contribution in [3.05, 3.63) is 41.1 Å². The lowest BCUT2D eigenvalue weighted by Crippen LogP contribution is -2.51. The molecule has 0 radical (unpaired) electrons. The number of β-amino-alcohol motifs (C(OH)–C–C–N with tert-alkyl or cyclic N) is 1. The molecule has 30 heavy (non-hydrogen) atoms. The Morgan fingerprint density at radius 3 is 2.53 bits per heavy atom. The zero-order chi connectivity index (χ0) is 21.9. The topological polar surface area (TPSA) is 125 Å². The molecule has 2 aliphatic heterocycles. The van der Waals surface area contributed by atoms with Gasteiger partial charge in [0, 0.05) is 18.7 Å². The molecule has 3 rings (SSSR count). The SMILES string of the molecule is CCC1(c2ccc(NC3=C(C(=O)OC)CN(CCO)C3=O)cc2)CCC(=O)NC1=O. The van der Waals surface area contributed by atoms with Gasteiger partial charge in [-0.2, -0.15) is 0 Å². The Labute approximate surface area is 174 Å². The normalized spacial score (nSPS) is 21.7. The van der Waals surface area contributed by atoms with Crippen LogP contribution in [0.25, 0.3) is 0 Å². The molecular weight excluding hydrogens is 390 g/mol. The molecular formula is C21H25N3O6. The fraction of sp³-hybridized carbons (Fsp3) is 0.429. The Balaban J connectivity index is 1.85. The van der Waals surface area contributed by atoms with Crippen molar-refractivity contribution in [2.75, 3.05) is 32.1 Å². The van der Waals surface area contributed by atoms with Gasteiger partial charge in [-0.1, -0.05) is 19.1 Å². The number of nitrogens with zero attached hydrogens (tertiary/aromatic N) is 1. The van der Waals surface area contributed by atoms with Crippen LogP contribution in [0.1, 0.15) is 31.7 Å². The zero-order valence-corrected chi connectivity index (χ0v) is 17.0. The molecule has 1 fully saturated rings. The highest BCUT2D eigenvalue weighted by atomic mass is 16.5. The molecule has 0 bridgehead atoms. The van der Waals surface area contributed by atoms with E-state index in [0.29, 0.717) is 18.5 Å². The maximum atomic E-state index is 12.6. The Hall–Kier alpha value is -3.20. The molecule has 2 heterocycles. The summed E-state index contributed by atoms with van der Waals surface area (Å²) in [5.74, 6) is -1.58. The smallest absolute Gasteiger partial charge is 0.337 e. The number of benzene rings is 1. The molecule has 2 aliphatic rings. The van der Waals surface area contributed by atoms with Gasteiger partial charge in [0.2, 0.25) is 11.8 Å². The summed E-state index contributed by atoms with van der Waals surface area (Å²) in [5, 5.41) is 14.5. The number of carbonyl (C=O) groups is 4. The summed E-state index contributed by atoms with van der Waals surface area (Å²) >= 11 is 0. The number of carbonyl (C=O) groups excluding carboxylic acids is 4. The van der Waals surface area contributed by atoms with Gasteiger partial charge >= 0.3 is 5.97 Å². The van der Waals surface area contributed by atoms with Crippen molar-refractivity contribution in [3.63, 3.8) is 0 Å². The third-order valence-electron chi connectivity index (χ3n) is 5.73. The lowest BCUT2D eigenvalue weighted by Gasteiger charge is -2.35. The van der Waals surface area contributed by atoms with E-state index in [4.69, 9.17) is 9.84 Å². The number of ether oxygens (including phenoxy) is 1. The summed E-state index contributed by atoms with van der Waals surface area (Å²) in [6, 6.07) is 7.01. The van der Waals surface area contributed by atoms with Gasteiger partial charge in [-0.25, -0.2) is 4.79 Å². The van der Waals surface area contributed by atoms with Gasteiger partial charge in [-0.05, 0) is 30.5 Å². The van der Waals surface area contributed by atoms with Crippen molar-refractivity contribution in [3.8, 4) is 0 Å². The minimum atomic E-state index is -0.774.